The molecule has 24 heavy (non-hydrogen) atoms. The van der Waals surface area contributed by atoms with Crippen LogP contribution in [0.15, 0.2) is 48.5 Å². The lowest BCUT2D eigenvalue weighted by atomic mass is 9.96. The molecule has 1 unspecified atom stereocenters. The molecule has 1 N–H and O–H groups in total. The van der Waals surface area contributed by atoms with Crippen LogP contribution in [0.2, 0.25) is 5.02 Å². The number of nitro groups is 1. The zero-order valence-electron chi connectivity index (χ0n) is 13.5. The topological polar surface area (TPSA) is 72.2 Å². The van der Waals surface area contributed by atoms with Gasteiger partial charge in [0.2, 0.25) is 0 Å². The molecule has 2 aromatic rings. The van der Waals surface area contributed by atoms with Crippen LogP contribution in [-0.4, -0.2) is 10.8 Å². The maximum atomic E-state index is 12.5. The molecule has 0 radical (unpaired) electrons. The smallest absolute Gasteiger partial charge is 0.288 e. The summed E-state index contributed by atoms with van der Waals surface area (Å²) in [5.74, 6) is 0.0272. The van der Waals surface area contributed by atoms with E-state index in [-0.39, 0.29) is 28.2 Å². The maximum Gasteiger partial charge on any atom is 0.288 e. The number of amides is 1. The molecule has 0 saturated heterocycles. The quantitative estimate of drug-likeness (QED) is 0.605. The zero-order valence-corrected chi connectivity index (χ0v) is 14.3. The van der Waals surface area contributed by atoms with E-state index < -0.39 is 4.92 Å². The van der Waals surface area contributed by atoms with Gasteiger partial charge in [0.1, 0.15) is 5.02 Å². The molecule has 0 spiro atoms. The van der Waals surface area contributed by atoms with Gasteiger partial charge < -0.3 is 5.32 Å². The Kier molecular flexibility index (Phi) is 5.93. The Labute approximate surface area is 145 Å². The number of nitrogens with one attached hydrogen (secondary N) is 1. The first-order valence-corrected chi connectivity index (χ1v) is 8.06. The average Bonchev–Trinajstić information content (AvgIpc) is 2.54. The molecule has 0 aliphatic carbocycles. The molecule has 1 amide bonds. The number of nitro benzene ring substituents is 1. The van der Waals surface area contributed by atoms with Crippen LogP contribution in [-0.2, 0) is 0 Å². The molecule has 0 aliphatic rings. The van der Waals surface area contributed by atoms with Crippen molar-refractivity contribution in [3.8, 4) is 0 Å². The Morgan fingerprint density at radius 1 is 1.21 bits per heavy atom. The van der Waals surface area contributed by atoms with Crippen molar-refractivity contribution < 1.29 is 9.72 Å². The molecule has 5 nitrogen and oxygen atoms in total. The van der Waals surface area contributed by atoms with Gasteiger partial charge in [0.15, 0.2) is 0 Å². The Morgan fingerprint density at radius 2 is 1.88 bits per heavy atom. The van der Waals surface area contributed by atoms with Crippen LogP contribution >= 0.6 is 11.6 Å². The summed E-state index contributed by atoms with van der Waals surface area (Å²) in [7, 11) is 0. The van der Waals surface area contributed by atoms with Crippen LogP contribution in [0.5, 0.6) is 0 Å². The molecule has 2 rings (SSSR count). The SMILES string of the molecule is CC(C)CC(NC(=O)c1ccc(Cl)c([N+](=O)[O-])c1)c1ccccc1. The minimum absolute atomic E-state index is 0.0124. The van der Waals surface area contributed by atoms with Crippen molar-refractivity contribution in [2.24, 2.45) is 5.92 Å². The molecule has 0 saturated carbocycles. The summed E-state index contributed by atoms with van der Waals surface area (Å²) in [6.07, 6.45) is 0.769. The monoisotopic (exact) mass is 346 g/mol. The van der Waals surface area contributed by atoms with Gasteiger partial charge in [-0.2, -0.15) is 0 Å². The largest absolute Gasteiger partial charge is 0.345 e. The molecular weight excluding hydrogens is 328 g/mol. The van der Waals surface area contributed by atoms with Gasteiger partial charge in [-0.3, -0.25) is 14.9 Å². The predicted octanol–water partition coefficient (Wildman–Crippen LogP) is 4.77. The Bertz CT molecular complexity index is 732. The highest BCUT2D eigenvalue weighted by Gasteiger charge is 2.20. The summed E-state index contributed by atoms with van der Waals surface area (Å²) in [4.78, 5) is 22.9. The highest BCUT2D eigenvalue weighted by molar-refractivity contribution is 6.32. The molecule has 2 aromatic carbocycles. The Hall–Kier alpha value is -2.40. The van der Waals surface area contributed by atoms with E-state index in [1.165, 1.54) is 18.2 Å². The molecule has 0 aromatic heterocycles. The number of benzene rings is 2. The molecule has 6 heteroatoms. The van der Waals surface area contributed by atoms with Gasteiger partial charge in [-0.1, -0.05) is 55.8 Å². The minimum atomic E-state index is -0.595. The van der Waals surface area contributed by atoms with E-state index in [0.29, 0.717) is 5.92 Å². The van der Waals surface area contributed by atoms with E-state index in [1.54, 1.807) is 0 Å². The van der Waals surface area contributed by atoms with Crippen LogP contribution in [0.1, 0.15) is 42.2 Å². The van der Waals surface area contributed by atoms with E-state index in [4.69, 9.17) is 11.6 Å². The number of carbonyl (C=O) groups is 1. The third-order valence-electron chi connectivity index (χ3n) is 3.62. The van der Waals surface area contributed by atoms with Crippen LogP contribution in [0, 0.1) is 16.0 Å². The van der Waals surface area contributed by atoms with Crippen molar-refractivity contribution in [2.45, 2.75) is 26.3 Å². The summed E-state index contributed by atoms with van der Waals surface area (Å²) in [6.45, 7) is 4.16. The van der Waals surface area contributed by atoms with E-state index in [0.717, 1.165) is 12.0 Å². The van der Waals surface area contributed by atoms with Gasteiger partial charge in [0.25, 0.3) is 11.6 Å². The normalized spacial score (nSPS) is 12.0. The number of hydrogen-bond acceptors (Lipinski definition) is 3. The van der Waals surface area contributed by atoms with Crippen LogP contribution < -0.4 is 5.32 Å². The summed E-state index contributed by atoms with van der Waals surface area (Å²) in [5, 5.41) is 13.9. The van der Waals surface area contributed by atoms with Gasteiger partial charge in [-0.05, 0) is 30.0 Å². The van der Waals surface area contributed by atoms with E-state index in [1.807, 2.05) is 30.3 Å². The first-order chi connectivity index (χ1) is 11.4. The van der Waals surface area contributed by atoms with Gasteiger partial charge in [0, 0.05) is 11.6 Å². The van der Waals surface area contributed by atoms with Crippen molar-refractivity contribution >= 4 is 23.2 Å². The third-order valence-corrected chi connectivity index (χ3v) is 3.94. The first-order valence-electron chi connectivity index (χ1n) is 7.68. The fourth-order valence-corrected chi connectivity index (χ4v) is 2.66. The first kappa shape index (κ1) is 17.9. The minimum Gasteiger partial charge on any atom is -0.345 e. The van der Waals surface area contributed by atoms with E-state index in [2.05, 4.69) is 19.2 Å². The van der Waals surface area contributed by atoms with Crippen LogP contribution in [0.25, 0.3) is 0 Å². The standard InChI is InChI=1S/C18H19ClN2O3/c1-12(2)10-16(13-6-4-3-5-7-13)20-18(22)14-8-9-15(19)17(11-14)21(23)24/h3-9,11-12,16H,10H2,1-2H3,(H,20,22). The Morgan fingerprint density at radius 3 is 2.46 bits per heavy atom. The molecule has 0 bridgehead atoms. The van der Waals surface area contributed by atoms with Crippen molar-refractivity contribution in [2.75, 3.05) is 0 Å². The van der Waals surface area contributed by atoms with Crippen molar-refractivity contribution in [1.29, 1.82) is 0 Å². The van der Waals surface area contributed by atoms with Crippen molar-refractivity contribution in [3.63, 3.8) is 0 Å². The fourth-order valence-electron chi connectivity index (χ4n) is 2.47. The van der Waals surface area contributed by atoms with Gasteiger partial charge in [-0.25, -0.2) is 0 Å². The maximum absolute atomic E-state index is 12.5. The number of halogens is 1. The molecule has 1 atom stereocenters. The van der Waals surface area contributed by atoms with Crippen molar-refractivity contribution in [3.05, 3.63) is 74.8 Å². The average molecular weight is 347 g/mol. The second-order valence-corrected chi connectivity index (χ2v) is 6.40. The van der Waals surface area contributed by atoms with Gasteiger partial charge >= 0.3 is 0 Å². The van der Waals surface area contributed by atoms with Crippen molar-refractivity contribution in [1.82, 2.24) is 5.32 Å². The summed E-state index contributed by atoms with van der Waals surface area (Å²) < 4.78 is 0. The lowest BCUT2D eigenvalue weighted by Gasteiger charge is -2.21. The molecule has 0 aliphatic heterocycles. The van der Waals surface area contributed by atoms with E-state index >= 15 is 0 Å². The zero-order chi connectivity index (χ0) is 17.7. The summed E-state index contributed by atoms with van der Waals surface area (Å²) in [6, 6.07) is 13.6. The Balaban J connectivity index is 2.25. The molecule has 0 fully saturated rings. The van der Waals surface area contributed by atoms with Crippen LogP contribution in [0.4, 0.5) is 5.69 Å². The van der Waals surface area contributed by atoms with Gasteiger partial charge in [0.05, 0.1) is 11.0 Å². The lowest BCUT2D eigenvalue weighted by molar-refractivity contribution is -0.384. The number of carbonyl (C=O) groups excluding carboxylic acids is 1. The molecular formula is C18H19ClN2O3. The second-order valence-electron chi connectivity index (χ2n) is 5.99. The number of hydrogen-bond donors (Lipinski definition) is 1. The second kappa shape index (κ2) is 7.93. The highest BCUT2D eigenvalue weighted by atomic mass is 35.5. The highest BCUT2D eigenvalue weighted by Crippen LogP contribution is 2.26. The summed E-state index contributed by atoms with van der Waals surface area (Å²) >= 11 is 5.79. The van der Waals surface area contributed by atoms with E-state index in [9.17, 15) is 14.9 Å². The van der Waals surface area contributed by atoms with Crippen LogP contribution in [0.3, 0.4) is 0 Å². The summed E-state index contributed by atoms with van der Waals surface area (Å²) in [5.41, 5.74) is 0.947. The molecule has 126 valence electrons. The number of nitrogens with zero attached hydrogens (tertiary/aromatic N) is 1. The fraction of sp³-hybridized carbons (Fsp3) is 0.278. The predicted molar refractivity (Wildman–Crippen MR) is 94.2 cm³/mol. The number of rotatable bonds is 6. The van der Waals surface area contributed by atoms with Gasteiger partial charge in [-0.15, -0.1) is 0 Å². The lowest BCUT2D eigenvalue weighted by Crippen LogP contribution is -2.29. The third kappa shape index (κ3) is 4.55. The molecule has 0 heterocycles.